The molecular formula is C29H29N5O8S2. The van der Waals surface area contributed by atoms with E-state index in [-0.39, 0.29) is 46.0 Å². The van der Waals surface area contributed by atoms with Crippen LogP contribution in [0.4, 0.5) is 0 Å². The SMILES string of the molecule is CCOC(=O)CN(CCNS(=O)(=O)c1nc(-c2ccccc2)c(C(=O)c2ccccc2)s1)C(=O)Cn1cc(C)c(=O)[nH]c1=O. The fraction of sp³-hybridized carbons (Fsp3) is 0.241. The van der Waals surface area contributed by atoms with Gasteiger partial charge in [-0.05, 0) is 13.8 Å². The summed E-state index contributed by atoms with van der Waals surface area (Å²) in [5, 5.41) is 0. The van der Waals surface area contributed by atoms with Gasteiger partial charge in [0.15, 0.2) is 0 Å². The summed E-state index contributed by atoms with van der Waals surface area (Å²) in [6, 6.07) is 17.1. The zero-order valence-corrected chi connectivity index (χ0v) is 25.4. The van der Waals surface area contributed by atoms with Gasteiger partial charge in [0, 0.05) is 36.0 Å². The number of H-pyrrole nitrogens is 1. The number of hydrogen-bond acceptors (Lipinski definition) is 10. The van der Waals surface area contributed by atoms with Crippen LogP contribution < -0.4 is 16.0 Å². The van der Waals surface area contributed by atoms with Crippen molar-refractivity contribution in [3.05, 3.63) is 104 Å². The maximum Gasteiger partial charge on any atom is 0.328 e. The number of esters is 1. The fourth-order valence-corrected chi connectivity index (χ4v) is 6.44. The number of aromatic amines is 1. The molecule has 2 aromatic heterocycles. The second-order valence-corrected chi connectivity index (χ2v) is 12.4. The molecule has 44 heavy (non-hydrogen) atoms. The molecule has 4 rings (SSSR count). The van der Waals surface area contributed by atoms with Gasteiger partial charge in [-0.3, -0.25) is 28.7 Å². The third-order valence-corrected chi connectivity index (χ3v) is 9.17. The zero-order valence-electron chi connectivity index (χ0n) is 23.8. The molecule has 2 N–H and O–H groups in total. The van der Waals surface area contributed by atoms with Gasteiger partial charge in [0.05, 0.1) is 12.3 Å². The molecule has 0 bridgehead atoms. The maximum absolute atomic E-state index is 13.4. The van der Waals surface area contributed by atoms with Crippen LogP contribution in [-0.4, -0.2) is 71.8 Å². The van der Waals surface area contributed by atoms with Gasteiger partial charge >= 0.3 is 11.7 Å². The highest BCUT2D eigenvalue weighted by Gasteiger charge is 2.27. The van der Waals surface area contributed by atoms with Gasteiger partial charge in [-0.25, -0.2) is 22.9 Å². The maximum atomic E-state index is 13.4. The molecule has 0 spiro atoms. The first kappa shape index (κ1) is 32.2. The predicted octanol–water partition coefficient (Wildman–Crippen LogP) is 1.57. The number of ketones is 1. The molecule has 0 aliphatic rings. The lowest BCUT2D eigenvalue weighted by molar-refractivity contribution is -0.149. The number of carbonyl (C=O) groups excluding carboxylic acids is 3. The molecule has 230 valence electrons. The van der Waals surface area contributed by atoms with Crippen LogP contribution in [-0.2, 0) is 30.9 Å². The van der Waals surface area contributed by atoms with Gasteiger partial charge in [-0.15, -0.1) is 0 Å². The van der Waals surface area contributed by atoms with Gasteiger partial charge in [0.1, 0.15) is 18.0 Å². The third kappa shape index (κ3) is 7.80. The fourth-order valence-electron chi connectivity index (χ4n) is 4.09. The highest BCUT2D eigenvalue weighted by atomic mass is 32.2. The van der Waals surface area contributed by atoms with Crippen LogP contribution in [0.5, 0.6) is 0 Å². The number of ether oxygens (including phenoxy) is 1. The minimum absolute atomic E-state index is 0.0594. The van der Waals surface area contributed by atoms with Crippen LogP contribution in [0, 0.1) is 6.92 Å². The van der Waals surface area contributed by atoms with E-state index in [1.54, 1.807) is 67.6 Å². The first-order chi connectivity index (χ1) is 21.0. The summed E-state index contributed by atoms with van der Waals surface area (Å²) in [6.07, 6.45) is 1.21. The summed E-state index contributed by atoms with van der Waals surface area (Å²) >= 11 is 0.720. The summed E-state index contributed by atoms with van der Waals surface area (Å²) in [6.45, 7) is 1.51. The van der Waals surface area contributed by atoms with E-state index >= 15 is 0 Å². The number of carbonyl (C=O) groups is 3. The second-order valence-electron chi connectivity index (χ2n) is 9.44. The van der Waals surface area contributed by atoms with Crippen molar-refractivity contribution in [3.8, 4) is 11.3 Å². The average molecular weight is 640 g/mol. The summed E-state index contributed by atoms with van der Waals surface area (Å²) < 4.78 is 34.6. The molecule has 0 saturated carbocycles. The van der Waals surface area contributed by atoms with Crippen molar-refractivity contribution >= 4 is 39.0 Å². The number of amides is 1. The predicted molar refractivity (Wildman–Crippen MR) is 162 cm³/mol. The van der Waals surface area contributed by atoms with Gasteiger partial charge < -0.3 is 9.64 Å². The Hall–Kier alpha value is -4.73. The summed E-state index contributed by atoms with van der Waals surface area (Å²) in [4.78, 5) is 70.1. The van der Waals surface area contributed by atoms with E-state index in [9.17, 15) is 32.4 Å². The molecule has 0 saturated heterocycles. The second kappa shape index (κ2) is 14.2. The van der Waals surface area contributed by atoms with Crippen molar-refractivity contribution in [2.75, 3.05) is 26.2 Å². The Morgan fingerprint density at radius 1 is 1.05 bits per heavy atom. The van der Waals surface area contributed by atoms with Gasteiger partial charge in [-0.1, -0.05) is 72.0 Å². The number of sulfonamides is 1. The minimum Gasteiger partial charge on any atom is -0.465 e. The van der Waals surface area contributed by atoms with Crippen molar-refractivity contribution in [2.24, 2.45) is 0 Å². The van der Waals surface area contributed by atoms with E-state index < -0.39 is 46.2 Å². The molecule has 13 nitrogen and oxygen atoms in total. The number of nitrogens with zero attached hydrogens (tertiary/aromatic N) is 3. The lowest BCUT2D eigenvalue weighted by atomic mass is 10.1. The monoisotopic (exact) mass is 639 g/mol. The van der Waals surface area contributed by atoms with Crippen LogP contribution in [0.3, 0.4) is 0 Å². The highest BCUT2D eigenvalue weighted by molar-refractivity contribution is 7.91. The molecule has 2 aromatic carbocycles. The molecule has 1 amide bonds. The standard InChI is InChI=1S/C29H29N5O8S2/c1-3-42-23(36)18-33(22(35)17-34-16-19(2)27(38)32-28(34)39)15-14-30-44(40,41)29-31-24(20-10-6-4-7-11-20)26(43-29)25(37)21-12-8-5-9-13-21/h4-13,16,30H,3,14-15,17-18H2,1-2H3,(H,32,38,39). The number of aryl methyl sites for hydroxylation is 1. The number of thiazole rings is 1. The van der Waals surface area contributed by atoms with E-state index in [2.05, 4.69) is 14.7 Å². The summed E-state index contributed by atoms with van der Waals surface area (Å²) in [5.74, 6) is -1.81. The molecule has 0 radical (unpaired) electrons. The molecule has 15 heteroatoms. The van der Waals surface area contributed by atoms with Crippen LogP contribution in [0.2, 0.25) is 0 Å². The summed E-state index contributed by atoms with van der Waals surface area (Å²) in [5.41, 5.74) is -0.0676. The van der Waals surface area contributed by atoms with E-state index in [0.717, 1.165) is 20.8 Å². The third-order valence-electron chi connectivity index (χ3n) is 6.27. The Balaban J connectivity index is 1.55. The van der Waals surface area contributed by atoms with Crippen LogP contribution in [0.15, 0.2) is 80.8 Å². The Bertz CT molecular complexity index is 1880. The van der Waals surface area contributed by atoms with Crippen molar-refractivity contribution in [2.45, 2.75) is 24.7 Å². The molecule has 0 atom stereocenters. The van der Waals surface area contributed by atoms with E-state index in [0.29, 0.717) is 11.1 Å². The van der Waals surface area contributed by atoms with Gasteiger partial charge in [0.2, 0.25) is 16.0 Å². The number of rotatable bonds is 13. The van der Waals surface area contributed by atoms with E-state index in [1.165, 1.54) is 13.1 Å². The number of nitrogens with one attached hydrogen (secondary N) is 2. The smallest absolute Gasteiger partial charge is 0.328 e. The van der Waals surface area contributed by atoms with E-state index in [1.807, 2.05) is 0 Å². The molecule has 0 unspecified atom stereocenters. The quantitative estimate of drug-likeness (QED) is 0.162. The van der Waals surface area contributed by atoms with Crippen LogP contribution >= 0.6 is 11.3 Å². The molecule has 0 fully saturated rings. The highest BCUT2D eigenvalue weighted by Crippen LogP contribution is 2.32. The first-order valence-corrected chi connectivity index (χ1v) is 15.7. The van der Waals surface area contributed by atoms with Crippen LogP contribution in [0.25, 0.3) is 11.3 Å². The van der Waals surface area contributed by atoms with E-state index in [4.69, 9.17) is 4.74 Å². The zero-order chi connectivity index (χ0) is 31.9. The largest absolute Gasteiger partial charge is 0.465 e. The minimum atomic E-state index is -4.27. The van der Waals surface area contributed by atoms with Crippen molar-refractivity contribution in [3.63, 3.8) is 0 Å². The van der Waals surface area contributed by atoms with Crippen molar-refractivity contribution in [1.82, 2.24) is 24.2 Å². The Morgan fingerprint density at radius 3 is 2.36 bits per heavy atom. The van der Waals surface area contributed by atoms with Gasteiger partial charge in [-0.2, -0.15) is 0 Å². The molecule has 4 aromatic rings. The van der Waals surface area contributed by atoms with Gasteiger partial charge in [0.25, 0.3) is 15.6 Å². The molecular weight excluding hydrogens is 610 g/mol. The lowest BCUT2D eigenvalue weighted by Gasteiger charge is -2.22. The Morgan fingerprint density at radius 2 is 1.70 bits per heavy atom. The molecule has 0 aliphatic carbocycles. The molecule has 2 heterocycles. The van der Waals surface area contributed by atoms with Crippen molar-refractivity contribution in [1.29, 1.82) is 0 Å². The number of benzene rings is 2. The number of hydrogen-bond donors (Lipinski definition) is 2. The summed E-state index contributed by atoms with van der Waals surface area (Å²) in [7, 11) is -4.27. The molecule has 0 aliphatic heterocycles. The Kier molecular flexibility index (Phi) is 10.4. The van der Waals surface area contributed by atoms with Crippen LogP contribution in [0.1, 0.15) is 27.7 Å². The first-order valence-electron chi connectivity index (χ1n) is 13.4. The lowest BCUT2D eigenvalue weighted by Crippen LogP contribution is -2.44. The topological polar surface area (TPSA) is 178 Å². The average Bonchev–Trinajstić information content (AvgIpc) is 3.47. The van der Waals surface area contributed by atoms with Crippen molar-refractivity contribution < 1.29 is 27.5 Å². The normalized spacial score (nSPS) is 11.2. The Labute approximate surface area is 256 Å². The number of aromatic nitrogens is 3.